The number of anilines is 2. The number of carbonyl (C=O) groups excluding carboxylic acids is 1. The van der Waals surface area contributed by atoms with Gasteiger partial charge in [0.15, 0.2) is 5.82 Å². The fraction of sp³-hybridized carbons (Fsp3) is 0.0625. The third-order valence-corrected chi connectivity index (χ3v) is 4.72. The molecule has 0 unspecified atom stereocenters. The summed E-state index contributed by atoms with van der Waals surface area (Å²) < 4.78 is 27.4. The van der Waals surface area contributed by atoms with Crippen molar-refractivity contribution in [2.45, 2.75) is 11.8 Å². The van der Waals surface area contributed by atoms with Gasteiger partial charge in [0.05, 0.1) is 21.6 Å². The lowest BCUT2D eigenvalue weighted by molar-refractivity contribution is -0.105. The smallest absolute Gasteiger partial charge is 0.263 e. The highest BCUT2D eigenvalue weighted by atomic mass is 32.2. The molecule has 1 heterocycles. The van der Waals surface area contributed by atoms with Gasteiger partial charge >= 0.3 is 0 Å². The first kappa shape index (κ1) is 15.9. The molecule has 8 heteroatoms. The normalized spacial score (nSPS) is 11.2. The predicted octanol–water partition coefficient (Wildman–Crippen LogP) is 2.31. The minimum absolute atomic E-state index is 0.0632. The van der Waals surface area contributed by atoms with E-state index in [1.54, 1.807) is 13.0 Å². The van der Waals surface area contributed by atoms with Crippen molar-refractivity contribution in [2.75, 3.05) is 10.0 Å². The molecule has 3 aromatic rings. The van der Waals surface area contributed by atoms with Crippen LogP contribution in [0.3, 0.4) is 0 Å². The van der Waals surface area contributed by atoms with Gasteiger partial charge < -0.3 is 5.32 Å². The van der Waals surface area contributed by atoms with E-state index in [0.717, 1.165) is 0 Å². The number of carbonyl (C=O) groups is 1. The zero-order valence-corrected chi connectivity index (χ0v) is 13.5. The van der Waals surface area contributed by atoms with Crippen molar-refractivity contribution in [1.29, 1.82) is 0 Å². The largest absolute Gasteiger partial charge is 0.329 e. The van der Waals surface area contributed by atoms with Crippen LogP contribution in [-0.4, -0.2) is 24.8 Å². The molecule has 0 radical (unpaired) electrons. The predicted molar refractivity (Wildman–Crippen MR) is 91.2 cm³/mol. The number of aromatic nitrogens is 2. The molecule has 0 aliphatic carbocycles. The molecule has 7 nitrogen and oxygen atoms in total. The summed E-state index contributed by atoms with van der Waals surface area (Å²) in [6.45, 7) is 1.69. The molecule has 122 valence electrons. The van der Waals surface area contributed by atoms with Crippen molar-refractivity contribution in [3.63, 3.8) is 0 Å². The second kappa shape index (κ2) is 6.25. The number of rotatable bonds is 5. The van der Waals surface area contributed by atoms with Crippen LogP contribution in [0.5, 0.6) is 0 Å². The summed E-state index contributed by atoms with van der Waals surface area (Å²) in [6.07, 6.45) is 0.524. The Labute approximate surface area is 138 Å². The second-order valence-corrected chi connectivity index (χ2v) is 6.72. The molecule has 3 rings (SSSR count). The van der Waals surface area contributed by atoms with E-state index >= 15 is 0 Å². The molecule has 0 aliphatic heterocycles. The van der Waals surface area contributed by atoms with E-state index in [-0.39, 0.29) is 10.7 Å². The van der Waals surface area contributed by atoms with Crippen molar-refractivity contribution >= 4 is 39.0 Å². The fourth-order valence-corrected chi connectivity index (χ4v) is 3.23. The van der Waals surface area contributed by atoms with Gasteiger partial charge in [-0.2, -0.15) is 0 Å². The molecule has 0 bridgehead atoms. The van der Waals surface area contributed by atoms with Crippen molar-refractivity contribution < 1.29 is 13.2 Å². The Bertz CT molecular complexity index is 1000. The average molecular weight is 342 g/mol. The molecule has 0 atom stereocenters. The number of benzene rings is 2. The van der Waals surface area contributed by atoms with Crippen molar-refractivity contribution in [2.24, 2.45) is 0 Å². The lowest BCUT2D eigenvalue weighted by Gasteiger charge is -2.10. The summed E-state index contributed by atoms with van der Waals surface area (Å²) in [5.74, 6) is 0.184. The molecule has 2 aromatic carbocycles. The minimum Gasteiger partial charge on any atom is -0.329 e. The third kappa shape index (κ3) is 3.18. The van der Waals surface area contributed by atoms with Crippen LogP contribution in [0, 0.1) is 6.92 Å². The number of sulfonamides is 1. The molecule has 1 aromatic heterocycles. The third-order valence-electron chi connectivity index (χ3n) is 3.37. The lowest BCUT2D eigenvalue weighted by Crippen LogP contribution is -2.15. The Morgan fingerprint density at radius 3 is 2.21 bits per heavy atom. The molecule has 1 amide bonds. The highest BCUT2D eigenvalue weighted by Gasteiger charge is 2.17. The molecule has 0 spiro atoms. The monoisotopic (exact) mass is 342 g/mol. The summed E-state index contributed by atoms with van der Waals surface area (Å²) >= 11 is 0. The first-order chi connectivity index (χ1) is 11.5. The number of nitrogens with zero attached hydrogens (tertiary/aromatic N) is 2. The minimum atomic E-state index is -3.80. The lowest BCUT2D eigenvalue weighted by atomic mass is 10.3. The number of fused-ring (bicyclic) bond motifs is 1. The molecule has 0 aliphatic rings. The van der Waals surface area contributed by atoms with Crippen molar-refractivity contribution in [1.82, 2.24) is 9.97 Å². The van der Waals surface area contributed by atoms with Gasteiger partial charge in [0.1, 0.15) is 0 Å². The van der Waals surface area contributed by atoms with Crippen LogP contribution in [0.15, 0.2) is 53.4 Å². The van der Waals surface area contributed by atoms with E-state index in [4.69, 9.17) is 0 Å². The Morgan fingerprint density at radius 1 is 0.958 bits per heavy atom. The van der Waals surface area contributed by atoms with Crippen molar-refractivity contribution in [3.8, 4) is 0 Å². The highest BCUT2D eigenvalue weighted by molar-refractivity contribution is 7.92. The van der Waals surface area contributed by atoms with Crippen LogP contribution in [0.1, 0.15) is 5.69 Å². The average Bonchev–Trinajstić information content (AvgIpc) is 2.56. The zero-order chi connectivity index (χ0) is 17.2. The summed E-state index contributed by atoms with van der Waals surface area (Å²) in [5.41, 5.74) is 2.29. The van der Waals surface area contributed by atoms with Crippen LogP contribution >= 0.6 is 0 Å². The maximum atomic E-state index is 12.5. The van der Waals surface area contributed by atoms with E-state index in [9.17, 15) is 13.2 Å². The number of aryl methyl sites for hydroxylation is 1. The van der Waals surface area contributed by atoms with Crippen LogP contribution in [0.2, 0.25) is 0 Å². The number of nitrogens with one attached hydrogen (secondary N) is 2. The van der Waals surface area contributed by atoms with E-state index in [0.29, 0.717) is 28.8 Å². The van der Waals surface area contributed by atoms with Gasteiger partial charge in [-0.25, -0.2) is 18.4 Å². The van der Waals surface area contributed by atoms with Gasteiger partial charge in [0, 0.05) is 5.69 Å². The molecule has 2 N–H and O–H groups in total. The second-order valence-electron chi connectivity index (χ2n) is 5.04. The molecule has 0 fully saturated rings. The summed E-state index contributed by atoms with van der Waals surface area (Å²) in [5, 5.41) is 2.45. The molecular formula is C16H14N4O3S. The Morgan fingerprint density at radius 2 is 1.58 bits per heavy atom. The van der Waals surface area contributed by atoms with E-state index in [2.05, 4.69) is 20.0 Å². The molecular weight excluding hydrogens is 328 g/mol. The fourth-order valence-electron chi connectivity index (χ4n) is 2.17. The summed E-state index contributed by atoms with van der Waals surface area (Å²) in [6, 6.07) is 13.0. The van der Waals surface area contributed by atoms with E-state index in [1.165, 1.54) is 24.3 Å². The maximum absolute atomic E-state index is 12.5. The van der Waals surface area contributed by atoms with Gasteiger partial charge in [-0.05, 0) is 43.3 Å². The molecule has 24 heavy (non-hydrogen) atoms. The zero-order valence-electron chi connectivity index (χ0n) is 12.7. The van der Waals surface area contributed by atoms with Gasteiger partial charge in [-0.15, -0.1) is 0 Å². The van der Waals surface area contributed by atoms with Crippen LogP contribution in [0.25, 0.3) is 11.0 Å². The first-order valence-corrected chi connectivity index (χ1v) is 8.54. The SMILES string of the molecule is Cc1nc2ccccc2nc1NS(=O)(=O)c1ccc(NC=O)cc1. The number of hydrogen-bond donors (Lipinski definition) is 2. The standard InChI is InChI=1S/C16H14N4O3S/c1-11-16(19-15-5-3-2-4-14(15)18-11)20-24(22,23)13-8-6-12(7-9-13)17-10-21/h2-10H,1H3,(H,17,21)(H,19,20). The number of hydrogen-bond acceptors (Lipinski definition) is 5. The van der Waals surface area contributed by atoms with Gasteiger partial charge in [0.2, 0.25) is 6.41 Å². The Hall–Kier alpha value is -3.00. The van der Waals surface area contributed by atoms with Crippen LogP contribution in [0.4, 0.5) is 11.5 Å². The summed E-state index contributed by atoms with van der Waals surface area (Å²) in [7, 11) is -3.80. The summed E-state index contributed by atoms with van der Waals surface area (Å²) in [4.78, 5) is 19.1. The molecule has 0 saturated heterocycles. The van der Waals surface area contributed by atoms with Crippen LogP contribution in [-0.2, 0) is 14.8 Å². The van der Waals surface area contributed by atoms with Gasteiger partial charge in [0.25, 0.3) is 10.0 Å². The maximum Gasteiger partial charge on any atom is 0.263 e. The Kier molecular flexibility index (Phi) is 4.13. The number of amides is 1. The highest BCUT2D eigenvalue weighted by Crippen LogP contribution is 2.20. The van der Waals surface area contributed by atoms with Gasteiger partial charge in [-0.1, -0.05) is 12.1 Å². The van der Waals surface area contributed by atoms with Gasteiger partial charge in [-0.3, -0.25) is 9.52 Å². The quantitative estimate of drug-likeness (QED) is 0.693. The molecule has 0 saturated carbocycles. The van der Waals surface area contributed by atoms with E-state index in [1.807, 2.05) is 18.2 Å². The van der Waals surface area contributed by atoms with Crippen molar-refractivity contribution in [3.05, 3.63) is 54.2 Å². The first-order valence-electron chi connectivity index (χ1n) is 7.06. The van der Waals surface area contributed by atoms with Crippen LogP contribution < -0.4 is 10.0 Å². The van der Waals surface area contributed by atoms with E-state index < -0.39 is 10.0 Å². The number of para-hydroxylation sites is 2. The Balaban J connectivity index is 1.94. The topological polar surface area (TPSA) is 101 Å².